The van der Waals surface area contributed by atoms with E-state index < -0.39 is 0 Å². The predicted molar refractivity (Wildman–Crippen MR) is 64.1 cm³/mol. The molecule has 0 aliphatic heterocycles. The standard InChI is InChI=1S/C13H19NO/c1-10(2)13(14)7-8-15-12-6-4-5-11(3)9-12/h4-6,9,13H,1,7-8,14H2,2-3H3. The van der Waals surface area contributed by atoms with Gasteiger partial charge < -0.3 is 10.5 Å². The minimum atomic E-state index is 0.0369. The molecule has 0 aliphatic rings. The Balaban J connectivity index is 2.35. The number of nitrogens with two attached hydrogens (primary N) is 1. The van der Waals surface area contributed by atoms with Crippen LogP contribution in [0, 0.1) is 6.92 Å². The van der Waals surface area contributed by atoms with Crippen molar-refractivity contribution in [3.05, 3.63) is 42.0 Å². The van der Waals surface area contributed by atoms with Gasteiger partial charge in [-0.15, -0.1) is 0 Å². The fourth-order valence-electron chi connectivity index (χ4n) is 1.26. The summed E-state index contributed by atoms with van der Waals surface area (Å²) in [5.41, 5.74) is 8.04. The lowest BCUT2D eigenvalue weighted by atomic mass is 10.1. The smallest absolute Gasteiger partial charge is 0.119 e. The van der Waals surface area contributed by atoms with Crippen molar-refractivity contribution in [3.63, 3.8) is 0 Å². The van der Waals surface area contributed by atoms with Crippen LogP contribution in [-0.4, -0.2) is 12.6 Å². The molecule has 0 radical (unpaired) electrons. The molecule has 0 spiro atoms. The van der Waals surface area contributed by atoms with E-state index in [4.69, 9.17) is 10.5 Å². The lowest BCUT2D eigenvalue weighted by Gasteiger charge is -2.12. The van der Waals surface area contributed by atoms with Gasteiger partial charge in [-0.05, 0) is 31.5 Å². The van der Waals surface area contributed by atoms with Crippen molar-refractivity contribution >= 4 is 0 Å². The molecule has 1 aromatic rings. The van der Waals surface area contributed by atoms with Crippen molar-refractivity contribution in [2.45, 2.75) is 26.3 Å². The Morgan fingerprint density at radius 2 is 2.27 bits per heavy atom. The fraction of sp³-hybridized carbons (Fsp3) is 0.385. The third-order valence-electron chi connectivity index (χ3n) is 2.32. The van der Waals surface area contributed by atoms with Gasteiger partial charge in [0.05, 0.1) is 6.61 Å². The van der Waals surface area contributed by atoms with Gasteiger partial charge in [0.25, 0.3) is 0 Å². The molecule has 0 saturated heterocycles. The highest BCUT2D eigenvalue weighted by molar-refractivity contribution is 5.27. The number of hydrogen-bond donors (Lipinski definition) is 1. The van der Waals surface area contributed by atoms with Crippen LogP contribution < -0.4 is 10.5 Å². The van der Waals surface area contributed by atoms with Gasteiger partial charge in [0.15, 0.2) is 0 Å². The second-order valence-corrected chi connectivity index (χ2v) is 3.91. The number of aryl methyl sites for hydroxylation is 1. The Morgan fingerprint density at radius 1 is 1.53 bits per heavy atom. The summed E-state index contributed by atoms with van der Waals surface area (Å²) in [7, 11) is 0. The molecule has 0 bridgehead atoms. The highest BCUT2D eigenvalue weighted by Gasteiger charge is 2.02. The molecule has 1 atom stereocenters. The van der Waals surface area contributed by atoms with Crippen molar-refractivity contribution in [1.29, 1.82) is 0 Å². The summed E-state index contributed by atoms with van der Waals surface area (Å²) >= 11 is 0. The second-order valence-electron chi connectivity index (χ2n) is 3.91. The summed E-state index contributed by atoms with van der Waals surface area (Å²) in [5, 5.41) is 0. The molecule has 2 nitrogen and oxygen atoms in total. The lowest BCUT2D eigenvalue weighted by Crippen LogP contribution is -2.23. The Labute approximate surface area is 91.7 Å². The maximum atomic E-state index is 5.83. The second kappa shape index (κ2) is 5.56. The van der Waals surface area contributed by atoms with E-state index in [0.29, 0.717) is 6.61 Å². The van der Waals surface area contributed by atoms with Gasteiger partial charge in [-0.3, -0.25) is 0 Å². The van der Waals surface area contributed by atoms with Gasteiger partial charge in [-0.2, -0.15) is 0 Å². The van der Waals surface area contributed by atoms with E-state index in [2.05, 4.69) is 6.58 Å². The van der Waals surface area contributed by atoms with E-state index in [1.54, 1.807) is 0 Å². The highest BCUT2D eigenvalue weighted by Crippen LogP contribution is 2.13. The number of ether oxygens (including phenoxy) is 1. The average molecular weight is 205 g/mol. The molecule has 0 aliphatic carbocycles. The molecule has 0 saturated carbocycles. The molecule has 2 N–H and O–H groups in total. The summed E-state index contributed by atoms with van der Waals surface area (Å²) in [6, 6.07) is 8.05. The summed E-state index contributed by atoms with van der Waals surface area (Å²) in [4.78, 5) is 0. The van der Waals surface area contributed by atoms with Crippen molar-refractivity contribution in [3.8, 4) is 5.75 Å². The number of hydrogen-bond acceptors (Lipinski definition) is 2. The van der Waals surface area contributed by atoms with Crippen LogP contribution in [0.2, 0.25) is 0 Å². The van der Waals surface area contributed by atoms with Crippen LogP contribution in [0.3, 0.4) is 0 Å². The van der Waals surface area contributed by atoms with E-state index in [1.165, 1.54) is 5.56 Å². The molecule has 1 unspecified atom stereocenters. The van der Waals surface area contributed by atoms with E-state index in [1.807, 2.05) is 38.1 Å². The van der Waals surface area contributed by atoms with E-state index in [-0.39, 0.29) is 6.04 Å². The van der Waals surface area contributed by atoms with Crippen LogP contribution >= 0.6 is 0 Å². The zero-order chi connectivity index (χ0) is 11.3. The Morgan fingerprint density at radius 3 is 2.87 bits per heavy atom. The summed E-state index contributed by atoms with van der Waals surface area (Å²) in [5.74, 6) is 0.906. The molecule has 0 aromatic heterocycles. The Kier molecular flexibility index (Phi) is 4.37. The van der Waals surface area contributed by atoms with Gasteiger partial charge in [-0.1, -0.05) is 24.3 Å². The van der Waals surface area contributed by atoms with Gasteiger partial charge >= 0.3 is 0 Å². The maximum absolute atomic E-state index is 5.83. The molecule has 0 heterocycles. The normalized spacial score (nSPS) is 12.2. The first kappa shape index (κ1) is 11.8. The quantitative estimate of drug-likeness (QED) is 0.750. The third-order valence-corrected chi connectivity index (χ3v) is 2.32. The SMILES string of the molecule is C=C(C)C(N)CCOc1cccc(C)c1. The highest BCUT2D eigenvalue weighted by atomic mass is 16.5. The maximum Gasteiger partial charge on any atom is 0.119 e. The first-order chi connectivity index (χ1) is 7.09. The third kappa shape index (κ3) is 4.17. The van der Waals surface area contributed by atoms with Crippen LogP contribution in [0.15, 0.2) is 36.4 Å². The largest absolute Gasteiger partial charge is 0.494 e. The molecular formula is C13H19NO. The number of rotatable bonds is 5. The molecule has 0 fully saturated rings. The molecule has 1 rings (SSSR count). The van der Waals surface area contributed by atoms with Crippen LogP contribution in [0.4, 0.5) is 0 Å². The van der Waals surface area contributed by atoms with Gasteiger partial charge in [0.1, 0.15) is 5.75 Å². The number of benzene rings is 1. The topological polar surface area (TPSA) is 35.2 Å². The van der Waals surface area contributed by atoms with Gasteiger partial charge in [0.2, 0.25) is 0 Å². The van der Waals surface area contributed by atoms with Crippen molar-refractivity contribution in [2.24, 2.45) is 5.73 Å². The Hall–Kier alpha value is -1.28. The van der Waals surface area contributed by atoms with Crippen molar-refractivity contribution in [2.75, 3.05) is 6.61 Å². The Bertz CT molecular complexity index is 333. The minimum absolute atomic E-state index is 0.0369. The van der Waals surface area contributed by atoms with E-state index in [9.17, 15) is 0 Å². The molecule has 82 valence electrons. The zero-order valence-electron chi connectivity index (χ0n) is 9.49. The van der Waals surface area contributed by atoms with Crippen LogP contribution in [-0.2, 0) is 0 Å². The first-order valence-corrected chi connectivity index (χ1v) is 5.20. The van der Waals surface area contributed by atoms with E-state index in [0.717, 1.165) is 17.7 Å². The minimum Gasteiger partial charge on any atom is -0.494 e. The summed E-state index contributed by atoms with van der Waals surface area (Å²) in [6.07, 6.45) is 0.809. The molecule has 0 amide bonds. The van der Waals surface area contributed by atoms with Crippen LogP contribution in [0.5, 0.6) is 5.75 Å². The van der Waals surface area contributed by atoms with Gasteiger partial charge in [0, 0.05) is 12.5 Å². The monoisotopic (exact) mass is 205 g/mol. The average Bonchev–Trinajstić information content (AvgIpc) is 2.17. The fourth-order valence-corrected chi connectivity index (χ4v) is 1.26. The van der Waals surface area contributed by atoms with E-state index >= 15 is 0 Å². The first-order valence-electron chi connectivity index (χ1n) is 5.20. The summed E-state index contributed by atoms with van der Waals surface area (Å²) < 4.78 is 5.59. The van der Waals surface area contributed by atoms with Crippen molar-refractivity contribution < 1.29 is 4.74 Å². The molecule has 15 heavy (non-hydrogen) atoms. The predicted octanol–water partition coefficient (Wildman–Crippen LogP) is 2.67. The van der Waals surface area contributed by atoms with Gasteiger partial charge in [-0.25, -0.2) is 0 Å². The van der Waals surface area contributed by atoms with Crippen LogP contribution in [0.1, 0.15) is 18.9 Å². The summed E-state index contributed by atoms with van der Waals surface area (Å²) in [6.45, 7) is 8.44. The van der Waals surface area contributed by atoms with Crippen molar-refractivity contribution in [1.82, 2.24) is 0 Å². The van der Waals surface area contributed by atoms with Crippen LogP contribution in [0.25, 0.3) is 0 Å². The lowest BCUT2D eigenvalue weighted by molar-refractivity contribution is 0.303. The molecule has 2 heteroatoms. The zero-order valence-corrected chi connectivity index (χ0v) is 9.49. The molecular weight excluding hydrogens is 186 g/mol. The molecule has 1 aromatic carbocycles.